The maximum atomic E-state index is 10.8. The Hall–Kier alpha value is -3.34. The Kier molecular flexibility index (Phi) is 5.97. The Morgan fingerprint density at radius 3 is 2.49 bits per heavy atom. The van der Waals surface area contributed by atoms with Crippen molar-refractivity contribution in [2.45, 2.75) is 51.5 Å². The van der Waals surface area contributed by atoms with Crippen molar-refractivity contribution in [2.24, 2.45) is 11.8 Å². The zero-order chi connectivity index (χ0) is 25.8. The highest BCUT2D eigenvalue weighted by molar-refractivity contribution is 7.21. The molecule has 9 nitrogen and oxygen atoms in total. The first-order chi connectivity index (χ1) is 17.8. The summed E-state index contributed by atoms with van der Waals surface area (Å²) in [4.78, 5) is 18.9. The molecule has 2 aliphatic carbocycles. The lowest BCUT2D eigenvalue weighted by Gasteiger charge is -2.23. The number of hydrogen-bond acceptors (Lipinski definition) is 10. The number of anilines is 2. The van der Waals surface area contributed by atoms with Crippen LogP contribution in [-0.4, -0.2) is 55.5 Å². The Morgan fingerprint density at radius 2 is 1.81 bits per heavy atom. The molecule has 1 aromatic carbocycles. The molecule has 0 saturated heterocycles. The van der Waals surface area contributed by atoms with Gasteiger partial charge < -0.3 is 25.6 Å². The topological polar surface area (TPSA) is 125 Å². The zero-order valence-electron chi connectivity index (χ0n) is 21.1. The summed E-state index contributed by atoms with van der Waals surface area (Å²) >= 11 is 1.58. The Morgan fingerprint density at radius 1 is 1.03 bits per heavy atom. The third-order valence-electron chi connectivity index (χ3n) is 7.60. The van der Waals surface area contributed by atoms with Gasteiger partial charge in [0.2, 0.25) is 5.95 Å². The van der Waals surface area contributed by atoms with E-state index in [1.165, 1.54) is 0 Å². The van der Waals surface area contributed by atoms with Gasteiger partial charge in [-0.15, -0.1) is 11.3 Å². The minimum absolute atomic E-state index is 0.0416. The average molecular weight is 519 g/mol. The van der Waals surface area contributed by atoms with Crippen LogP contribution in [0.4, 0.5) is 11.8 Å². The second-order valence-corrected chi connectivity index (χ2v) is 11.0. The largest absolute Gasteiger partial charge is 0.497 e. The highest BCUT2D eigenvalue weighted by atomic mass is 32.1. The zero-order valence-corrected chi connectivity index (χ0v) is 22.0. The van der Waals surface area contributed by atoms with E-state index in [-0.39, 0.29) is 23.9 Å². The second-order valence-electron chi connectivity index (χ2n) is 9.97. The summed E-state index contributed by atoms with van der Waals surface area (Å²) in [6, 6.07) is 9.62. The number of methoxy groups -OCH3 is 1. The molecule has 10 heteroatoms. The van der Waals surface area contributed by atoms with Crippen LogP contribution in [0.15, 0.2) is 36.5 Å². The van der Waals surface area contributed by atoms with E-state index in [1.54, 1.807) is 24.6 Å². The summed E-state index contributed by atoms with van der Waals surface area (Å²) in [7, 11) is 1.65. The summed E-state index contributed by atoms with van der Waals surface area (Å²) in [5.74, 6) is 2.00. The lowest BCUT2D eigenvalue weighted by atomic mass is 10.1. The molecule has 2 saturated carbocycles. The van der Waals surface area contributed by atoms with Crippen molar-refractivity contribution >= 4 is 33.3 Å². The first-order valence-electron chi connectivity index (χ1n) is 12.5. The van der Waals surface area contributed by atoms with Gasteiger partial charge >= 0.3 is 0 Å². The molecule has 6 atom stereocenters. The molecule has 2 aliphatic rings. The van der Waals surface area contributed by atoms with E-state index in [2.05, 4.69) is 22.5 Å². The molecule has 6 unspecified atom stereocenters. The smallest absolute Gasteiger partial charge is 0.225 e. The number of aliphatic hydroxyl groups is 2. The van der Waals surface area contributed by atoms with Crippen LogP contribution in [-0.2, 0) is 0 Å². The van der Waals surface area contributed by atoms with Gasteiger partial charge in [0.1, 0.15) is 22.1 Å². The maximum absolute atomic E-state index is 10.8. The molecule has 4 N–H and O–H groups in total. The number of pyridine rings is 1. The van der Waals surface area contributed by atoms with Gasteiger partial charge in [0.15, 0.2) is 0 Å². The minimum Gasteiger partial charge on any atom is -0.497 e. The van der Waals surface area contributed by atoms with Crippen LogP contribution in [0.25, 0.3) is 20.8 Å². The minimum atomic E-state index is -0.625. The molecule has 3 aromatic heterocycles. The molecule has 6 rings (SSSR count). The fraction of sp³-hybridized carbons (Fsp3) is 0.407. The lowest BCUT2D eigenvalue weighted by Crippen LogP contribution is -2.34. The number of aliphatic hydroxyl groups excluding tert-OH is 2. The SMILES string of the molecule is COc1ccc(C(C)Nc2nc(C)c(-c3nc4c(C)nccc4s3)c(NC3CC4C(O)C4C3O)n2)cc1. The molecular formula is C27H30N6O3S. The van der Waals surface area contributed by atoms with Crippen molar-refractivity contribution in [3.05, 3.63) is 53.5 Å². The normalized spacial score (nSPS) is 25.1. The number of fused-ring (bicyclic) bond motifs is 2. The number of rotatable bonds is 7. The van der Waals surface area contributed by atoms with Crippen LogP contribution in [0.1, 0.15) is 36.3 Å². The van der Waals surface area contributed by atoms with E-state index < -0.39 is 12.2 Å². The average Bonchev–Trinajstić information content (AvgIpc) is 3.17. The fourth-order valence-corrected chi connectivity index (χ4v) is 6.52. The van der Waals surface area contributed by atoms with E-state index in [1.807, 2.05) is 44.2 Å². The van der Waals surface area contributed by atoms with Crippen molar-refractivity contribution in [1.29, 1.82) is 0 Å². The van der Waals surface area contributed by atoms with E-state index in [9.17, 15) is 10.2 Å². The summed E-state index contributed by atoms with van der Waals surface area (Å²) < 4.78 is 6.32. The molecule has 0 radical (unpaired) electrons. The number of thiazole rings is 1. The maximum Gasteiger partial charge on any atom is 0.225 e. The van der Waals surface area contributed by atoms with Crippen LogP contribution in [0.3, 0.4) is 0 Å². The number of benzene rings is 1. The Bertz CT molecular complexity index is 1460. The predicted octanol–water partition coefficient (Wildman–Crippen LogP) is 4.10. The van der Waals surface area contributed by atoms with E-state index in [4.69, 9.17) is 19.7 Å². The van der Waals surface area contributed by atoms with Gasteiger partial charge in [-0.1, -0.05) is 12.1 Å². The summed E-state index contributed by atoms with van der Waals surface area (Å²) in [5.41, 5.74) is 4.42. The number of hydrogen-bond donors (Lipinski definition) is 4. The molecule has 4 aromatic rings. The molecule has 0 amide bonds. The second kappa shape index (κ2) is 9.20. The van der Waals surface area contributed by atoms with E-state index in [0.717, 1.165) is 43.5 Å². The van der Waals surface area contributed by atoms with Crippen LogP contribution in [0, 0.1) is 25.7 Å². The molecule has 0 bridgehead atoms. The van der Waals surface area contributed by atoms with Gasteiger partial charge in [0.25, 0.3) is 0 Å². The van der Waals surface area contributed by atoms with Gasteiger partial charge in [-0.25, -0.2) is 9.97 Å². The molecule has 0 aliphatic heterocycles. The van der Waals surface area contributed by atoms with Gasteiger partial charge in [-0.05, 0) is 56.9 Å². The van der Waals surface area contributed by atoms with Gasteiger partial charge in [0, 0.05) is 12.1 Å². The highest BCUT2D eigenvalue weighted by Gasteiger charge is 2.61. The summed E-state index contributed by atoms with van der Waals surface area (Å²) in [6.45, 7) is 5.96. The van der Waals surface area contributed by atoms with Crippen LogP contribution in [0.5, 0.6) is 5.75 Å². The third kappa shape index (κ3) is 4.28. The van der Waals surface area contributed by atoms with Crippen molar-refractivity contribution in [1.82, 2.24) is 19.9 Å². The number of nitrogens with zero attached hydrogens (tertiary/aromatic N) is 4. The standard InChI is InChI=1S/C27H30N6O3S/c1-12(15-5-7-16(36-4)8-6-15)29-27-30-13(2)20(26-32-22-14(3)28-10-9-19(22)37-26)25(33-27)31-18-11-17-21(23(17)34)24(18)35/h5-10,12,17-18,21,23-24,34-35H,11H2,1-4H3,(H2,29,30,31,33). The van der Waals surface area contributed by atoms with Crippen molar-refractivity contribution in [3.63, 3.8) is 0 Å². The lowest BCUT2D eigenvalue weighted by molar-refractivity contribution is 0.109. The van der Waals surface area contributed by atoms with Crippen molar-refractivity contribution in [2.75, 3.05) is 17.7 Å². The van der Waals surface area contributed by atoms with Gasteiger partial charge in [-0.2, -0.15) is 4.98 Å². The molecule has 37 heavy (non-hydrogen) atoms. The van der Waals surface area contributed by atoms with Crippen molar-refractivity contribution in [3.8, 4) is 16.3 Å². The number of nitrogens with one attached hydrogen (secondary N) is 2. The predicted molar refractivity (Wildman–Crippen MR) is 144 cm³/mol. The van der Waals surface area contributed by atoms with E-state index >= 15 is 0 Å². The quantitative estimate of drug-likeness (QED) is 0.286. The molecule has 0 spiro atoms. The van der Waals surface area contributed by atoms with Crippen LogP contribution < -0.4 is 15.4 Å². The number of aromatic nitrogens is 4. The number of ether oxygens (including phenoxy) is 1. The number of aryl methyl sites for hydroxylation is 2. The van der Waals surface area contributed by atoms with Gasteiger partial charge in [0.05, 0.1) is 53.1 Å². The van der Waals surface area contributed by atoms with Crippen LogP contribution in [0.2, 0.25) is 0 Å². The first-order valence-corrected chi connectivity index (χ1v) is 13.3. The molecule has 3 heterocycles. The van der Waals surface area contributed by atoms with Crippen molar-refractivity contribution < 1.29 is 14.9 Å². The Labute approximate surface area is 219 Å². The van der Waals surface area contributed by atoms with Crippen LogP contribution >= 0.6 is 11.3 Å². The van der Waals surface area contributed by atoms with E-state index in [0.29, 0.717) is 18.2 Å². The highest BCUT2D eigenvalue weighted by Crippen LogP contribution is 2.53. The molecular weight excluding hydrogens is 488 g/mol. The summed E-state index contributed by atoms with van der Waals surface area (Å²) in [5, 5.41) is 28.5. The molecule has 2 fully saturated rings. The monoisotopic (exact) mass is 518 g/mol. The van der Waals surface area contributed by atoms with Gasteiger partial charge in [-0.3, -0.25) is 4.98 Å². The Balaban J connectivity index is 1.36. The summed E-state index contributed by atoms with van der Waals surface area (Å²) in [6.07, 6.45) is 1.47. The third-order valence-corrected chi connectivity index (χ3v) is 8.63. The first kappa shape index (κ1) is 24.0. The fourth-order valence-electron chi connectivity index (χ4n) is 5.41. The molecule has 192 valence electrons.